The zero-order chi connectivity index (χ0) is 43.8. The van der Waals surface area contributed by atoms with E-state index in [0.717, 1.165) is 63.9 Å². The van der Waals surface area contributed by atoms with Crippen molar-refractivity contribution in [1.82, 2.24) is 40.4 Å². The molecule has 1 saturated carbocycles. The number of fused-ring (bicyclic) bond motifs is 6. The number of likely N-dealkylation sites (tertiary alicyclic amines) is 1. The van der Waals surface area contributed by atoms with Crippen molar-refractivity contribution in [3.8, 4) is 33.5 Å². The molecule has 6 aromatic rings. The van der Waals surface area contributed by atoms with Crippen molar-refractivity contribution in [2.45, 2.75) is 70.1 Å². The number of methoxy groups -OCH3 is 2. The smallest absolute Gasteiger partial charge is 0.407 e. The van der Waals surface area contributed by atoms with Crippen molar-refractivity contribution < 1.29 is 33.0 Å². The number of rotatable bonds is 12. The van der Waals surface area contributed by atoms with E-state index in [1.165, 1.54) is 14.2 Å². The van der Waals surface area contributed by atoms with Crippen LogP contribution in [0.5, 0.6) is 0 Å². The molecule has 14 nitrogen and oxygen atoms in total. The van der Waals surface area contributed by atoms with Gasteiger partial charge in [0.05, 0.1) is 49.7 Å². The number of aryl methyl sites for hydroxylation is 1. The van der Waals surface area contributed by atoms with Gasteiger partial charge in [-0.2, -0.15) is 0 Å². The molecular formula is C48H49FN8O6. The molecule has 2 aromatic heterocycles. The quantitative estimate of drug-likeness (QED) is 0.0966. The van der Waals surface area contributed by atoms with Crippen LogP contribution in [-0.4, -0.2) is 87.1 Å². The fourth-order valence-corrected chi connectivity index (χ4v) is 9.75. The summed E-state index contributed by atoms with van der Waals surface area (Å²) in [7, 11) is 2.53. The Morgan fingerprint density at radius 1 is 0.905 bits per heavy atom. The highest BCUT2D eigenvalue weighted by Gasteiger charge is 2.51. The Bertz CT molecular complexity index is 2720. The van der Waals surface area contributed by atoms with E-state index in [1.54, 1.807) is 17.2 Å². The summed E-state index contributed by atoms with van der Waals surface area (Å²) >= 11 is 0. The Morgan fingerprint density at radius 3 is 2.46 bits per heavy atom. The number of hydrogen-bond donors (Lipinski definition) is 4. The zero-order valence-electron chi connectivity index (χ0n) is 35.4. The normalized spacial score (nSPS) is 17.8. The number of ether oxygens (including phenoxy) is 2. The molecule has 0 radical (unpaired) electrons. The fourth-order valence-electron chi connectivity index (χ4n) is 9.75. The van der Waals surface area contributed by atoms with Crippen LogP contribution >= 0.6 is 0 Å². The number of hydrogen-bond acceptors (Lipinski definition) is 8. The number of benzene rings is 4. The van der Waals surface area contributed by atoms with Gasteiger partial charge in [0, 0.05) is 18.2 Å². The standard InChI is InChI=1S/C48H49FN8O6/c1-4-20-56(41(58)25-51-47(60)62-2)26-40-50-24-39(52-40)36-18-17-34-33-15-11-28(21-30(33)12-16-35(34)42(36)49)29-13-19-37-38(23-29)54-45(53-37)44-31-10-14-32(22-31)57(44)46(59)43(55-48(61)63-3)27-8-6-5-7-9-27/h5-9,11,13,15,17-19,21,23-24,31-32,43-44H,4,10,12,14,16,20,22,25-26H2,1-3H3,(H,50,52)(H,51,60)(H,53,54)(H,55,61)/t31-,32+,43+,44-/m0/s1. The molecule has 3 heterocycles. The first-order chi connectivity index (χ1) is 30.6. The number of nitrogens with zero attached hydrogens (tertiary/aromatic N) is 4. The number of H-pyrrole nitrogens is 2. The number of alkyl carbamates (subject to hydrolysis) is 2. The second kappa shape index (κ2) is 17.4. The van der Waals surface area contributed by atoms with Crippen molar-refractivity contribution >= 4 is 35.0 Å². The SMILES string of the molecule is CCCN(Cc1ncc(-c2ccc3c(c2F)CCc2cc(-c4ccc5nc([C@@H]6[C@H]7CC[C@H](C7)N6C(=O)[C@H](NC(=O)OC)c6ccccc6)[nH]c5c4)ccc2-3)[nH]1)C(=O)CNC(=O)OC. The van der Waals surface area contributed by atoms with E-state index in [9.17, 15) is 19.2 Å². The number of carbonyl (C=O) groups excluding carboxylic acids is 4. The maximum Gasteiger partial charge on any atom is 0.407 e. The summed E-state index contributed by atoms with van der Waals surface area (Å²) in [5.41, 5.74) is 8.96. The van der Waals surface area contributed by atoms with Crippen molar-refractivity contribution in [2.75, 3.05) is 27.3 Å². The Morgan fingerprint density at radius 2 is 1.67 bits per heavy atom. The van der Waals surface area contributed by atoms with E-state index in [-0.39, 0.29) is 48.7 Å². The van der Waals surface area contributed by atoms with E-state index >= 15 is 4.39 Å². The number of aromatic nitrogens is 4. The van der Waals surface area contributed by atoms with Crippen LogP contribution < -0.4 is 10.6 Å². The molecule has 1 saturated heterocycles. The van der Waals surface area contributed by atoms with Gasteiger partial charge < -0.3 is 39.9 Å². The molecule has 2 aliphatic carbocycles. The molecule has 9 rings (SSSR count). The van der Waals surface area contributed by atoms with E-state index in [0.29, 0.717) is 54.0 Å². The molecule has 0 unspecified atom stereocenters. The van der Waals surface area contributed by atoms with Gasteiger partial charge in [-0.05, 0) is 102 Å². The largest absolute Gasteiger partial charge is 0.453 e. The van der Waals surface area contributed by atoms with Crippen LogP contribution in [0.25, 0.3) is 44.5 Å². The predicted octanol–water partition coefficient (Wildman–Crippen LogP) is 7.77. The summed E-state index contributed by atoms with van der Waals surface area (Å²) < 4.78 is 25.8. The Hall–Kier alpha value is -7.03. The van der Waals surface area contributed by atoms with Crippen LogP contribution in [0.15, 0.2) is 85.1 Å². The summed E-state index contributed by atoms with van der Waals surface area (Å²) in [5, 5.41) is 5.20. The first-order valence-corrected chi connectivity index (χ1v) is 21.4. The molecule has 63 heavy (non-hydrogen) atoms. The van der Waals surface area contributed by atoms with Crippen LogP contribution in [0.3, 0.4) is 0 Å². The molecule has 2 fully saturated rings. The maximum absolute atomic E-state index is 16.4. The van der Waals surface area contributed by atoms with E-state index in [4.69, 9.17) is 9.72 Å². The molecule has 0 spiro atoms. The van der Waals surface area contributed by atoms with Gasteiger partial charge in [-0.1, -0.05) is 67.6 Å². The molecule has 2 bridgehead atoms. The van der Waals surface area contributed by atoms with Gasteiger partial charge in [0.1, 0.15) is 30.1 Å². The minimum Gasteiger partial charge on any atom is -0.453 e. The lowest BCUT2D eigenvalue weighted by molar-refractivity contribution is -0.138. The number of carbonyl (C=O) groups is 4. The number of halogens is 1. The Kier molecular flexibility index (Phi) is 11.4. The topological polar surface area (TPSA) is 175 Å². The minimum atomic E-state index is -0.896. The molecule has 3 aliphatic rings. The number of imidazole rings is 2. The highest BCUT2D eigenvalue weighted by molar-refractivity contribution is 5.89. The first kappa shape index (κ1) is 41.3. The Labute approximate surface area is 363 Å². The molecule has 4 amide bonds. The van der Waals surface area contributed by atoms with Crippen molar-refractivity contribution in [3.05, 3.63) is 119 Å². The Balaban J connectivity index is 0.934. The average Bonchev–Trinajstić information content (AvgIpc) is 4.14. The van der Waals surface area contributed by atoms with Gasteiger partial charge in [-0.15, -0.1) is 0 Å². The van der Waals surface area contributed by atoms with E-state index in [2.05, 4.69) is 60.7 Å². The van der Waals surface area contributed by atoms with Crippen LogP contribution in [0, 0.1) is 11.7 Å². The zero-order valence-corrected chi connectivity index (χ0v) is 35.4. The van der Waals surface area contributed by atoms with Crippen LogP contribution in [0.4, 0.5) is 14.0 Å². The van der Waals surface area contributed by atoms with Gasteiger partial charge in [0.25, 0.3) is 5.91 Å². The number of nitrogens with one attached hydrogen (secondary N) is 4. The molecule has 4 N–H and O–H groups in total. The lowest BCUT2D eigenvalue weighted by atomic mass is 9.83. The third-order valence-corrected chi connectivity index (χ3v) is 12.7. The highest BCUT2D eigenvalue weighted by Crippen LogP contribution is 2.51. The number of aromatic amines is 2. The second-order valence-electron chi connectivity index (χ2n) is 16.5. The lowest BCUT2D eigenvalue weighted by Crippen LogP contribution is -2.47. The summed E-state index contributed by atoms with van der Waals surface area (Å²) in [6, 6.07) is 24.4. The molecule has 15 heteroatoms. The van der Waals surface area contributed by atoms with E-state index in [1.807, 2.05) is 54.3 Å². The molecule has 324 valence electrons. The highest BCUT2D eigenvalue weighted by atomic mass is 19.1. The van der Waals surface area contributed by atoms with Crippen molar-refractivity contribution in [3.63, 3.8) is 0 Å². The van der Waals surface area contributed by atoms with Crippen molar-refractivity contribution in [2.24, 2.45) is 5.92 Å². The lowest BCUT2D eigenvalue weighted by Gasteiger charge is -2.36. The first-order valence-electron chi connectivity index (χ1n) is 21.4. The van der Waals surface area contributed by atoms with Gasteiger partial charge >= 0.3 is 12.2 Å². The summed E-state index contributed by atoms with van der Waals surface area (Å²) in [6.45, 7) is 2.39. The van der Waals surface area contributed by atoms with Gasteiger partial charge in [-0.25, -0.2) is 23.9 Å². The van der Waals surface area contributed by atoms with Gasteiger partial charge in [0.2, 0.25) is 5.91 Å². The monoisotopic (exact) mass is 852 g/mol. The van der Waals surface area contributed by atoms with Crippen LogP contribution in [-0.2, 0) is 38.4 Å². The van der Waals surface area contributed by atoms with Crippen LogP contribution in [0.2, 0.25) is 0 Å². The predicted molar refractivity (Wildman–Crippen MR) is 233 cm³/mol. The van der Waals surface area contributed by atoms with E-state index < -0.39 is 18.2 Å². The third kappa shape index (κ3) is 7.99. The summed E-state index contributed by atoms with van der Waals surface area (Å²) in [5.74, 6) is 0.733. The average molecular weight is 853 g/mol. The van der Waals surface area contributed by atoms with Gasteiger partial charge in [0.15, 0.2) is 0 Å². The molecular weight excluding hydrogens is 804 g/mol. The molecule has 4 atom stereocenters. The number of piperidine rings is 1. The van der Waals surface area contributed by atoms with Crippen molar-refractivity contribution in [1.29, 1.82) is 0 Å². The minimum absolute atomic E-state index is 0.0520. The third-order valence-electron chi connectivity index (χ3n) is 12.7. The second-order valence-corrected chi connectivity index (χ2v) is 16.5. The number of amides is 4. The van der Waals surface area contributed by atoms with Gasteiger partial charge in [-0.3, -0.25) is 9.59 Å². The summed E-state index contributed by atoms with van der Waals surface area (Å²) in [4.78, 5) is 70.9. The molecule has 1 aliphatic heterocycles. The molecule has 4 aromatic carbocycles. The maximum atomic E-state index is 16.4. The fraction of sp³-hybridized carbons (Fsp3) is 0.333. The van der Waals surface area contributed by atoms with Crippen LogP contribution in [0.1, 0.15) is 73.0 Å². The summed E-state index contributed by atoms with van der Waals surface area (Å²) in [6.07, 6.45) is 4.92.